The normalized spacial score (nSPS) is 13.3. The highest BCUT2D eigenvalue weighted by Crippen LogP contribution is 2.07. The van der Waals surface area contributed by atoms with Crippen LogP contribution < -0.4 is 11.1 Å². The van der Waals surface area contributed by atoms with Crippen LogP contribution in [-0.2, 0) is 0 Å². The van der Waals surface area contributed by atoms with E-state index < -0.39 is 0 Å². The lowest BCUT2D eigenvalue weighted by molar-refractivity contribution is 0.493. The van der Waals surface area contributed by atoms with E-state index in [9.17, 15) is 0 Å². The SMILES string of the molecule is CSCCCN=C(N)NC(C)CCCC(C)C.I. The first-order valence-electron chi connectivity index (χ1n) is 6.61. The standard InChI is InChI=1S/C13H29N3S.HI/c1-11(2)7-5-8-12(3)16-13(14)15-9-6-10-17-4;/h11-12H,5-10H2,1-4H3,(H3,14,15,16);1H. The number of aliphatic imine (C=N–C) groups is 1. The Morgan fingerprint density at radius 2 is 1.89 bits per heavy atom. The van der Waals surface area contributed by atoms with Crippen LogP contribution in [0, 0.1) is 5.92 Å². The molecule has 0 aliphatic carbocycles. The van der Waals surface area contributed by atoms with Crippen molar-refractivity contribution in [3.8, 4) is 0 Å². The summed E-state index contributed by atoms with van der Waals surface area (Å²) in [7, 11) is 0. The largest absolute Gasteiger partial charge is 0.370 e. The Hall–Kier alpha value is 0.350. The van der Waals surface area contributed by atoms with Gasteiger partial charge < -0.3 is 11.1 Å². The minimum Gasteiger partial charge on any atom is -0.370 e. The average molecular weight is 387 g/mol. The number of nitrogens with zero attached hydrogens (tertiary/aromatic N) is 1. The molecule has 0 heterocycles. The maximum Gasteiger partial charge on any atom is 0.188 e. The molecule has 3 N–H and O–H groups in total. The van der Waals surface area contributed by atoms with Gasteiger partial charge in [0.15, 0.2) is 5.96 Å². The molecular weight excluding hydrogens is 357 g/mol. The molecule has 0 aromatic rings. The Morgan fingerprint density at radius 3 is 2.44 bits per heavy atom. The van der Waals surface area contributed by atoms with Gasteiger partial charge in [0.05, 0.1) is 0 Å². The van der Waals surface area contributed by atoms with Crippen molar-refractivity contribution in [2.75, 3.05) is 18.6 Å². The van der Waals surface area contributed by atoms with E-state index in [1.807, 2.05) is 11.8 Å². The molecule has 5 heteroatoms. The molecule has 0 aliphatic heterocycles. The predicted octanol–water partition coefficient (Wildman–Crippen LogP) is 3.48. The Bertz CT molecular complexity index is 210. The van der Waals surface area contributed by atoms with Crippen LogP contribution in [0.4, 0.5) is 0 Å². The summed E-state index contributed by atoms with van der Waals surface area (Å²) < 4.78 is 0. The van der Waals surface area contributed by atoms with E-state index in [1.54, 1.807) is 0 Å². The van der Waals surface area contributed by atoms with E-state index in [0.29, 0.717) is 12.0 Å². The summed E-state index contributed by atoms with van der Waals surface area (Å²) in [4.78, 5) is 4.31. The fourth-order valence-corrected chi connectivity index (χ4v) is 2.03. The molecule has 0 amide bonds. The summed E-state index contributed by atoms with van der Waals surface area (Å²) in [6.45, 7) is 7.53. The molecule has 0 fully saturated rings. The van der Waals surface area contributed by atoms with E-state index in [2.05, 4.69) is 37.3 Å². The zero-order chi connectivity index (χ0) is 13.1. The van der Waals surface area contributed by atoms with Gasteiger partial charge in [-0.1, -0.05) is 26.7 Å². The molecule has 0 aromatic carbocycles. The molecule has 0 saturated carbocycles. The van der Waals surface area contributed by atoms with Crippen molar-refractivity contribution >= 4 is 41.7 Å². The monoisotopic (exact) mass is 387 g/mol. The number of nitrogens with one attached hydrogen (secondary N) is 1. The first-order valence-corrected chi connectivity index (χ1v) is 8.01. The molecule has 18 heavy (non-hydrogen) atoms. The van der Waals surface area contributed by atoms with E-state index in [0.717, 1.165) is 24.6 Å². The highest BCUT2D eigenvalue weighted by molar-refractivity contribution is 14.0. The minimum atomic E-state index is 0. The van der Waals surface area contributed by atoms with Gasteiger partial charge in [-0.25, -0.2) is 0 Å². The lowest BCUT2D eigenvalue weighted by Crippen LogP contribution is -2.38. The summed E-state index contributed by atoms with van der Waals surface area (Å²) in [6.07, 6.45) is 6.93. The van der Waals surface area contributed by atoms with Gasteiger partial charge in [0.25, 0.3) is 0 Å². The summed E-state index contributed by atoms with van der Waals surface area (Å²) in [5.41, 5.74) is 5.82. The van der Waals surface area contributed by atoms with Crippen LogP contribution in [0.25, 0.3) is 0 Å². The van der Waals surface area contributed by atoms with Crippen LogP contribution in [0.15, 0.2) is 4.99 Å². The van der Waals surface area contributed by atoms with Crippen LogP contribution in [0.3, 0.4) is 0 Å². The summed E-state index contributed by atoms with van der Waals surface area (Å²) in [5.74, 6) is 2.55. The van der Waals surface area contributed by atoms with Crippen molar-refractivity contribution in [1.29, 1.82) is 0 Å². The molecule has 3 nitrogen and oxygen atoms in total. The fraction of sp³-hybridized carbons (Fsp3) is 0.923. The van der Waals surface area contributed by atoms with Gasteiger partial charge in [-0.2, -0.15) is 11.8 Å². The zero-order valence-electron chi connectivity index (χ0n) is 12.2. The molecule has 0 aliphatic rings. The van der Waals surface area contributed by atoms with Crippen molar-refractivity contribution in [1.82, 2.24) is 5.32 Å². The van der Waals surface area contributed by atoms with Crippen LogP contribution in [0.5, 0.6) is 0 Å². The smallest absolute Gasteiger partial charge is 0.188 e. The highest BCUT2D eigenvalue weighted by Gasteiger charge is 2.03. The summed E-state index contributed by atoms with van der Waals surface area (Å²) in [6, 6.07) is 0.429. The average Bonchev–Trinajstić information content (AvgIpc) is 2.23. The summed E-state index contributed by atoms with van der Waals surface area (Å²) in [5, 5.41) is 3.25. The molecule has 1 unspecified atom stereocenters. The van der Waals surface area contributed by atoms with Crippen molar-refractivity contribution in [2.45, 2.75) is 52.5 Å². The van der Waals surface area contributed by atoms with Gasteiger partial charge in [0.1, 0.15) is 0 Å². The third-order valence-corrected chi connectivity index (χ3v) is 3.30. The Kier molecular flexibility index (Phi) is 15.8. The number of nitrogens with two attached hydrogens (primary N) is 1. The van der Waals surface area contributed by atoms with Gasteiger partial charge >= 0.3 is 0 Å². The highest BCUT2D eigenvalue weighted by atomic mass is 127. The second kappa shape index (κ2) is 13.8. The van der Waals surface area contributed by atoms with Crippen molar-refractivity contribution in [3.05, 3.63) is 0 Å². The number of hydrogen-bond acceptors (Lipinski definition) is 2. The van der Waals surface area contributed by atoms with Crippen LogP contribution in [-0.4, -0.2) is 30.6 Å². The van der Waals surface area contributed by atoms with Gasteiger partial charge in [0, 0.05) is 12.6 Å². The molecular formula is C13H30IN3S. The number of guanidine groups is 1. The maximum atomic E-state index is 5.82. The van der Waals surface area contributed by atoms with Gasteiger partial charge in [-0.05, 0) is 37.7 Å². The van der Waals surface area contributed by atoms with Crippen LogP contribution >= 0.6 is 35.7 Å². The number of thioether (sulfide) groups is 1. The zero-order valence-corrected chi connectivity index (χ0v) is 15.4. The Balaban J connectivity index is 0. The second-order valence-corrected chi connectivity index (χ2v) is 5.97. The molecule has 110 valence electrons. The van der Waals surface area contributed by atoms with Crippen LogP contribution in [0.1, 0.15) is 46.5 Å². The van der Waals surface area contributed by atoms with Crippen molar-refractivity contribution in [3.63, 3.8) is 0 Å². The lowest BCUT2D eigenvalue weighted by atomic mass is 10.0. The second-order valence-electron chi connectivity index (χ2n) is 4.98. The summed E-state index contributed by atoms with van der Waals surface area (Å²) >= 11 is 1.85. The molecule has 0 radical (unpaired) electrons. The predicted molar refractivity (Wildman–Crippen MR) is 96.2 cm³/mol. The first-order chi connectivity index (χ1) is 8.06. The third-order valence-electron chi connectivity index (χ3n) is 2.60. The van der Waals surface area contributed by atoms with Gasteiger partial charge in [-0.15, -0.1) is 24.0 Å². The van der Waals surface area contributed by atoms with Crippen LogP contribution in [0.2, 0.25) is 0 Å². The molecule has 0 aromatic heterocycles. The lowest BCUT2D eigenvalue weighted by Gasteiger charge is -2.15. The molecule has 0 rings (SSSR count). The quantitative estimate of drug-likeness (QED) is 0.276. The number of halogens is 1. The molecule has 0 saturated heterocycles. The molecule has 1 atom stereocenters. The number of hydrogen-bond donors (Lipinski definition) is 2. The first kappa shape index (κ1) is 20.7. The van der Waals surface area contributed by atoms with E-state index in [4.69, 9.17) is 5.73 Å². The minimum absolute atomic E-state index is 0. The topological polar surface area (TPSA) is 50.4 Å². The number of rotatable bonds is 9. The Labute approximate surface area is 134 Å². The molecule has 0 bridgehead atoms. The van der Waals surface area contributed by atoms with E-state index >= 15 is 0 Å². The van der Waals surface area contributed by atoms with Gasteiger partial charge in [0.2, 0.25) is 0 Å². The van der Waals surface area contributed by atoms with Crippen molar-refractivity contribution < 1.29 is 0 Å². The van der Waals surface area contributed by atoms with E-state index in [-0.39, 0.29) is 24.0 Å². The fourth-order valence-electron chi connectivity index (χ4n) is 1.61. The Morgan fingerprint density at radius 1 is 1.22 bits per heavy atom. The maximum absolute atomic E-state index is 5.82. The third kappa shape index (κ3) is 14.4. The van der Waals surface area contributed by atoms with Gasteiger partial charge in [-0.3, -0.25) is 4.99 Å². The molecule has 0 spiro atoms. The van der Waals surface area contributed by atoms with Crippen molar-refractivity contribution in [2.24, 2.45) is 16.6 Å². The van der Waals surface area contributed by atoms with E-state index in [1.165, 1.54) is 19.3 Å².